The first-order valence-corrected chi connectivity index (χ1v) is 8.60. The van der Waals surface area contributed by atoms with Gasteiger partial charge in [0.1, 0.15) is 0 Å². The van der Waals surface area contributed by atoms with E-state index in [1.54, 1.807) is 19.1 Å². The number of amides is 1. The van der Waals surface area contributed by atoms with Crippen LogP contribution in [0.5, 0.6) is 0 Å². The number of aryl methyl sites for hydroxylation is 1. The number of oxazole rings is 1. The second kappa shape index (κ2) is 6.51. The molecule has 0 unspecified atom stereocenters. The van der Waals surface area contributed by atoms with Gasteiger partial charge in [0.2, 0.25) is 15.8 Å². The van der Waals surface area contributed by atoms with Crippen LogP contribution in [0.4, 0.5) is 0 Å². The molecule has 0 aliphatic heterocycles. The van der Waals surface area contributed by atoms with Crippen molar-refractivity contribution in [2.45, 2.75) is 38.1 Å². The third-order valence-electron chi connectivity index (χ3n) is 3.22. The zero-order valence-corrected chi connectivity index (χ0v) is 14.0. The number of sulfonamides is 1. The van der Waals surface area contributed by atoms with Crippen LogP contribution in [0.1, 0.15) is 47.5 Å². The summed E-state index contributed by atoms with van der Waals surface area (Å²) < 4.78 is 27.7. The number of hydrogen-bond acceptors (Lipinski definition) is 5. The Morgan fingerprint density at radius 1 is 1.30 bits per heavy atom. The number of carbonyl (C=O) groups excluding carboxylic acids is 1. The van der Waals surface area contributed by atoms with Gasteiger partial charge in [-0.2, -0.15) is 0 Å². The maximum atomic E-state index is 12.2. The van der Waals surface area contributed by atoms with Crippen molar-refractivity contribution in [2.75, 3.05) is 0 Å². The molecule has 1 amide bonds. The zero-order valence-electron chi connectivity index (χ0n) is 13.2. The number of benzene rings is 1. The third kappa shape index (κ3) is 4.17. The van der Waals surface area contributed by atoms with E-state index in [1.807, 2.05) is 13.8 Å². The summed E-state index contributed by atoms with van der Waals surface area (Å²) in [4.78, 5) is 16.5. The van der Waals surface area contributed by atoms with Crippen molar-refractivity contribution >= 4 is 15.9 Å². The number of hydrogen-bond donors (Lipinski definition) is 2. The van der Waals surface area contributed by atoms with Crippen LogP contribution in [0.2, 0.25) is 0 Å². The van der Waals surface area contributed by atoms with Crippen molar-refractivity contribution in [1.29, 1.82) is 0 Å². The van der Waals surface area contributed by atoms with Gasteiger partial charge in [0, 0.05) is 13.5 Å². The van der Waals surface area contributed by atoms with E-state index in [0.29, 0.717) is 11.6 Å². The van der Waals surface area contributed by atoms with Crippen molar-refractivity contribution in [2.24, 2.45) is 5.14 Å². The largest absolute Gasteiger partial charge is 0.436 e. The molecule has 23 heavy (non-hydrogen) atoms. The van der Waals surface area contributed by atoms with Gasteiger partial charge >= 0.3 is 0 Å². The van der Waals surface area contributed by atoms with Gasteiger partial charge in [-0.15, -0.1) is 0 Å². The molecule has 0 aliphatic rings. The monoisotopic (exact) mass is 337 g/mol. The standard InChI is InChI=1S/C15H19N3O4S/c1-9(2)13-14(22-10(3)18-13)15(19)17-8-11-4-6-12(7-5-11)23(16,20)21/h4-7,9H,8H2,1-3H3,(H,17,19)(H2,16,20,21). The molecule has 7 nitrogen and oxygen atoms in total. The first-order valence-electron chi connectivity index (χ1n) is 7.05. The smallest absolute Gasteiger partial charge is 0.289 e. The molecule has 124 valence electrons. The molecule has 1 heterocycles. The lowest BCUT2D eigenvalue weighted by molar-refractivity contribution is 0.0920. The number of primary sulfonamides is 1. The fourth-order valence-corrected chi connectivity index (χ4v) is 2.57. The van der Waals surface area contributed by atoms with Gasteiger partial charge in [-0.25, -0.2) is 18.5 Å². The average molecular weight is 337 g/mol. The molecule has 3 N–H and O–H groups in total. The minimum atomic E-state index is -3.72. The van der Waals surface area contributed by atoms with Gasteiger partial charge in [0.25, 0.3) is 5.91 Å². The Kier molecular flexibility index (Phi) is 4.86. The maximum Gasteiger partial charge on any atom is 0.289 e. The second-order valence-electron chi connectivity index (χ2n) is 5.47. The van der Waals surface area contributed by atoms with Crippen LogP contribution >= 0.6 is 0 Å². The predicted octanol–water partition coefficient (Wildman–Crippen LogP) is 1.68. The molecule has 2 aromatic rings. The highest BCUT2D eigenvalue weighted by Crippen LogP contribution is 2.19. The number of carbonyl (C=O) groups is 1. The van der Waals surface area contributed by atoms with Crippen molar-refractivity contribution in [3.05, 3.63) is 47.2 Å². The van der Waals surface area contributed by atoms with E-state index in [0.717, 1.165) is 5.56 Å². The Hall–Kier alpha value is -2.19. The SMILES string of the molecule is Cc1nc(C(C)C)c(C(=O)NCc2ccc(S(N)(=O)=O)cc2)o1. The second-order valence-corrected chi connectivity index (χ2v) is 7.04. The highest BCUT2D eigenvalue weighted by Gasteiger charge is 2.20. The Morgan fingerprint density at radius 2 is 1.91 bits per heavy atom. The average Bonchev–Trinajstić information content (AvgIpc) is 2.86. The van der Waals surface area contributed by atoms with Gasteiger partial charge in [-0.05, 0) is 23.6 Å². The van der Waals surface area contributed by atoms with E-state index in [2.05, 4.69) is 10.3 Å². The van der Waals surface area contributed by atoms with Crippen molar-refractivity contribution < 1.29 is 17.6 Å². The highest BCUT2D eigenvalue weighted by atomic mass is 32.2. The molecule has 1 aromatic carbocycles. The summed E-state index contributed by atoms with van der Waals surface area (Å²) in [6, 6.07) is 5.98. The summed E-state index contributed by atoms with van der Waals surface area (Å²) in [5.41, 5.74) is 1.36. The summed E-state index contributed by atoms with van der Waals surface area (Å²) in [5, 5.41) is 7.76. The molecular weight excluding hydrogens is 318 g/mol. The maximum absolute atomic E-state index is 12.2. The summed E-state index contributed by atoms with van der Waals surface area (Å²) in [7, 11) is -3.72. The lowest BCUT2D eigenvalue weighted by Crippen LogP contribution is -2.23. The zero-order chi connectivity index (χ0) is 17.2. The Balaban J connectivity index is 2.08. The Bertz CT molecular complexity index is 808. The quantitative estimate of drug-likeness (QED) is 0.861. The van der Waals surface area contributed by atoms with E-state index in [4.69, 9.17) is 9.56 Å². The van der Waals surface area contributed by atoms with Crippen LogP contribution in [0.3, 0.4) is 0 Å². The van der Waals surface area contributed by atoms with Crippen molar-refractivity contribution in [3.8, 4) is 0 Å². The molecule has 0 saturated carbocycles. The molecule has 2 rings (SSSR count). The predicted molar refractivity (Wildman–Crippen MR) is 84.3 cm³/mol. The van der Waals surface area contributed by atoms with Crippen molar-refractivity contribution in [3.63, 3.8) is 0 Å². The van der Waals surface area contributed by atoms with E-state index >= 15 is 0 Å². The third-order valence-corrected chi connectivity index (χ3v) is 4.15. The normalized spacial score (nSPS) is 11.7. The molecule has 1 aromatic heterocycles. The highest BCUT2D eigenvalue weighted by molar-refractivity contribution is 7.89. The summed E-state index contributed by atoms with van der Waals surface area (Å²) in [6.45, 7) is 5.79. The topological polar surface area (TPSA) is 115 Å². The van der Waals surface area contributed by atoms with Crippen LogP contribution in [0, 0.1) is 6.92 Å². The van der Waals surface area contributed by atoms with Crippen LogP contribution in [-0.2, 0) is 16.6 Å². The number of nitrogens with zero attached hydrogens (tertiary/aromatic N) is 1. The van der Waals surface area contributed by atoms with E-state index in [-0.39, 0.29) is 29.0 Å². The van der Waals surface area contributed by atoms with Crippen molar-refractivity contribution in [1.82, 2.24) is 10.3 Å². The van der Waals surface area contributed by atoms with Gasteiger partial charge < -0.3 is 9.73 Å². The number of rotatable bonds is 5. The summed E-state index contributed by atoms with van der Waals surface area (Å²) >= 11 is 0. The molecule has 0 spiro atoms. The van der Waals surface area contributed by atoms with E-state index in [1.165, 1.54) is 12.1 Å². The van der Waals surface area contributed by atoms with Gasteiger partial charge in [0.05, 0.1) is 10.6 Å². The fourth-order valence-electron chi connectivity index (χ4n) is 2.06. The van der Waals surface area contributed by atoms with Gasteiger partial charge in [0.15, 0.2) is 5.89 Å². The van der Waals surface area contributed by atoms with Gasteiger partial charge in [-0.3, -0.25) is 4.79 Å². The number of aromatic nitrogens is 1. The van der Waals surface area contributed by atoms with E-state index < -0.39 is 10.0 Å². The molecule has 0 aliphatic carbocycles. The minimum Gasteiger partial charge on any atom is -0.436 e. The number of nitrogens with two attached hydrogens (primary N) is 1. The van der Waals surface area contributed by atoms with E-state index in [9.17, 15) is 13.2 Å². The molecule has 8 heteroatoms. The Morgan fingerprint density at radius 3 is 2.43 bits per heavy atom. The Labute approximate surface area is 135 Å². The first kappa shape index (κ1) is 17.2. The van der Waals surface area contributed by atoms with Crippen LogP contribution in [-0.4, -0.2) is 19.3 Å². The lowest BCUT2D eigenvalue weighted by atomic mass is 10.1. The fraction of sp³-hybridized carbons (Fsp3) is 0.333. The molecule has 0 bridgehead atoms. The summed E-state index contributed by atoms with van der Waals surface area (Å²) in [6.07, 6.45) is 0. The van der Waals surface area contributed by atoms with Gasteiger partial charge in [-0.1, -0.05) is 26.0 Å². The van der Waals surface area contributed by atoms with Crippen LogP contribution < -0.4 is 10.5 Å². The first-order chi connectivity index (χ1) is 10.7. The molecule has 0 atom stereocenters. The molecule has 0 radical (unpaired) electrons. The number of nitrogens with one attached hydrogen (secondary N) is 1. The molecule has 0 fully saturated rings. The van der Waals surface area contributed by atoms with Crippen LogP contribution in [0.25, 0.3) is 0 Å². The molecular formula is C15H19N3O4S. The van der Waals surface area contributed by atoms with Crippen LogP contribution in [0.15, 0.2) is 33.6 Å². The lowest BCUT2D eigenvalue weighted by Gasteiger charge is -2.06. The molecule has 0 saturated heterocycles. The minimum absolute atomic E-state index is 0.0283. The summed E-state index contributed by atoms with van der Waals surface area (Å²) in [5.74, 6) is 0.363.